The number of amides is 1. The molecule has 1 fully saturated rings. The van der Waals surface area contributed by atoms with Crippen LogP contribution < -0.4 is 19.7 Å². The lowest BCUT2D eigenvalue weighted by atomic mass is 10.2. The summed E-state index contributed by atoms with van der Waals surface area (Å²) >= 11 is 0. The topological polar surface area (TPSA) is 76.8 Å². The summed E-state index contributed by atoms with van der Waals surface area (Å²) < 4.78 is 16.6. The number of carbonyl (C=O) groups is 1. The molecule has 7 heteroatoms. The number of hydrogen-bond acceptors (Lipinski definition) is 6. The second kappa shape index (κ2) is 7.50. The van der Waals surface area contributed by atoms with Crippen LogP contribution in [0.3, 0.4) is 0 Å². The van der Waals surface area contributed by atoms with Crippen molar-refractivity contribution in [1.29, 1.82) is 0 Å². The van der Waals surface area contributed by atoms with Gasteiger partial charge in [-0.15, -0.1) is 0 Å². The normalized spacial score (nSPS) is 18.1. The van der Waals surface area contributed by atoms with Gasteiger partial charge in [-0.3, -0.25) is 4.79 Å². The van der Waals surface area contributed by atoms with Crippen LogP contribution in [-0.4, -0.2) is 36.8 Å². The van der Waals surface area contributed by atoms with Crippen LogP contribution in [-0.2, 0) is 4.79 Å². The lowest BCUT2D eigenvalue weighted by molar-refractivity contribution is -0.116. The average molecular weight is 391 g/mol. The zero-order valence-corrected chi connectivity index (χ0v) is 15.8. The van der Waals surface area contributed by atoms with E-state index in [0.717, 1.165) is 41.8 Å². The number of rotatable bonds is 5. The number of aromatic nitrogens is 1. The minimum Gasteiger partial charge on any atom is -0.454 e. The standard InChI is InChI=1S/C22H21N3O4/c26-21(10-8-15-7-9-19-20(12-15)28-14-27-19)23-13-16-4-3-11-25(16)22-24-17-5-1-2-6-18(17)29-22/h1-2,5-10,12,16H,3-4,11,13-14H2,(H,23,26). The Labute approximate surface area is 167 Å². The van der Waals surface area contributed by atoms with Gasteiger partial charge in [-0.2, -0.15) is 4.98 Å². The Balaban J connectivity index is 1.20. The van der Waals surface area contributed by atoms with Gasteiger partial charge in [0.2, 0.25) is 12.7 Å². The largest absolute Gasteiger partial charge is 0.454 e. The van der Waals surface area contributed by atoms with Crippen molar-refractivity contribution in [3.8, 4) is 11.5 Å². The van der Waals surface area contributed by atoms with Crippen LogP contribution in [0, 0.1) is 0 Å². The van der Waals surface area contributed by atoms with E-state index in [2.05, 4.69) is 15.2 Å². The molecule has 1 unspecified atom stereocenters. The van der Waals surface area contributed by atoms with Crippen molar-refractivity contribution >= 4 is 29.1 Å². The summed E-state index contributed by atoms with van der Waals surface area (Å²) in [4.78, 5) is 19.0. The Bertz CT molecular complexity index is 1040. The van der Waals surface area contributed by atoms with Crippen LogP contribution in [0.5, 0.6) is 11.5 Å². The Morgan fingerprint density at radius 3 is 3.03 bits per heavy atom. The smallest absolute Gasteiger partial charge is 0.298 e. The van der Waals surface area contributed by atoms with Gasteiger partial charge in [0.25, 0.3) is 6.01 Å². The van der Waals surface area contributed by atoms with E-state index in [1.54, 1.807) is 6.08 Å². The van der Waals surface area contributed by atoms with Crippen molar-refractivity contribution in [3.63, 3.8) is 0 Å². The molecular weight excluding hydrogens is 370 g/mol. The van der Waals surface area contributed by atoms with Crippen LogP contribution in [0.2, 0.25) is 0 Å². The SMILES string of the molecule is O=C(C=Cc1ccc2c(c1)OCO2)NCC1CCCN1c1nc2ccccc2o1. The van der Waals surface area contributed by atoms with E-state index in [1.807, 2.05) is 42.5 Å². The predicted molar refractivity (Wildman–Crippen MR) is 109 cm³/mol. The Kier molecular flexibility index (Phi) is 4.56. The molecule has 1 atom stereocenters. The molecule has 0 spiro atoms. The minimum atomic E-state index is -0.132. The maximum Gasteiger partial charge on any atom is 0.298 e. The van der Waals surface area contributed by atoms with Gasteiger partial charge < -0.3 is 24.1 Å². The first kappa shape index (κ1) is 17.6. The highest BCUT2D eigenvalue weighted by molar-refractivity contribution is 5.91. The monoisotopic (exact) mass is 391 g/mol. The van der Waals surface area contributed by atoms with E-state index >= 15 is 0 Å². The van der Waals surface area contributed by atoms with Gasteiger partial charge in [0, 0.05) is 19.2 Å². The molecule has 0 radical (unpaired) electrons. The molecule has 1 amide bonds. The molecule has 2 aromatic carbocycles. The van der Waals surface area contributed by atoms with Gasteiger partial charge >= 0.3 is 0 Å². The second-order valence-electron chi connectivity index (χ2n) is 7.14. The average Bonchev–Trinajstić information content (AvgIpc) is 3.48. The summed E-state index contributed by atoms with van der Waals surface area (Å²) in [6.45, 7) is 1.66. The maximum absolute atomic E-state index is 12.3. The lowest BCUT2D eigenvalue weighted by Crippen LogP contribution is -2.39. The molecule has 3 heterocycles. The van der Waals surface area contributed by atoms with Crippen LogP contribution in [0.1, 0.15) is 18.4 Å². The zero-order chi connectivity index (χ0) is 19.6. The number of anilines is 1. The Morgan fingerprint density at radius 2 is 2.10 bits per heavy atom. The van der Waals surface area contributed by atoms with E-state index < -0.39 is 0 Å². The lowest BCUT2D eigenvalue weighted by Gasteiger charge is -2.22. The summed E-state index contributed by atoms with van der Waals surface area (Å²) in [6, 6.07) is 14.1. The molecule has 1 N–H and O–H groups in total. The molecule has 5 rings (SSSR count). The summed E-state index contributed by atoms with van der Waals surface area (Å²) in [5, 5.41) is 2.99. The molecule has 29 heavy (non-hydrogen) atoms. The highest BCUT2D eigenvalue weighted by atomic mass is 16.7. The van der Waals surface area contributed by atoms with Gasteiger partial charge in [0.15, 0.2) is 17.1 Å². The van der Waals surface area contributed by atoms with E-state index in [-0.39, 0.29) is 18.7 Å². The van der Waals surface area contributed by atoms with Gasteiger partial charge in [-0.1, -0.05) is 18.2 Å². The molecule has 0 bridgehead atoms. The quantitative estimate of drug-likeness (QED) is 0.672. The number of ether oxygens (including phenoxy) is 2. The third-order valence-corrected chi connectivity index (χ3v) is 5.24. The first-order valence-electron chi connectivity index (χ1n) is 9.74. The fourth-order valence-electron chi connectivity index (χ4n) is 3.75. The minimum absolute atomic E-state index is 0.132. The van der Waals surface area contributed by atoms with Crippen LogP contribution in [0.4, 0.5) is 6.01 Å². The van der Waals surface area contributed by atoms with E-state index in [0.29, 0.717) is 18.3 Å². The molecule has 3 aromatic rings. The number of carbonyl (C=O) groups excluding carboxylic acids is 1. The molecule has 7 nitrogen and oxygen atoms in total. The third-order valence-electron chi connectivity index (χ3n) is 5.24. The Morgan fingerprint density at radius 1 is 1.21 bits per heavy atom. The number of hydrogen-bond donors (Lipinski definition) is 1. The molecule has 2 aliphatic heterocycles. The van der Waals surface area contributed by atoms with Gasteiger partial charge in [-0.25, -0.2) is 0 Å². The number of oxazole rings is 1. The van der Waals surface area contributed by atoms with Gasteiger partial charge in [-0.05, 0) is 48.7 Å². The second-order valence-corrected chi connectivity index (χ2v) is 7.14. The molecule has 0 aliphatic carbocycles. The Hall–Kier alpha value is -3.48. The number of benzene rings is 2. The fourth-order valence-corrected chi connectivity index (χ4v) is 3.75. The highest BCUT2D eigenvalue weighted by Crippen LogP contribution is 2.32. The number of fused-ring (bicyclic) bond motifs is 2. The molecule has 1 aromatic heterocycles. The number of nitrogens with one attached hydrogen (secondary N) is 1. The van der Waals surface area contributed by atoms with E-state index in [9.17, 15) is 4.79 Å². The highest BCUT2D eigenvalue weighted by Gasteiger charge is 2.28. The van der Waals surface area contributed by atoms with Gasteiger partial charge in [0.05, 0.1) is 6.04 Å². The van der Waals surface area contributed by atoms with Crippen molar-refractivity contribution in [2.75, 3.05) is 24.8 Å². The first-order valence-corrected chi connectivity index (χ1v) is 9.74. The maximum atomic E-state index is 12.3. The van der Waals surface area contributed by atoms with E-state index in [1.165, 1.54) is 6.08 Å². The zero-order valence-electron chi connectivity index (χ0n) is 15.8. The molecule has 1 saturated heterocycles. The van der Waals surface area contributed by atoms with Crippen molar-refractivity contribution < 1.29 is 18.7 Å². The van der Waals surface area contributed by atoms with Crippen LogP contribution in [0.15, 0.2) is 53.0 Å². The molecule has 2 aliphatic rings. The summed E-state index contributed by atoms with van der Waals surface area (Å²) in [5.74, 6) is 1.30. The van der Waals surface area contributed by atoms with Gasteiger partial charge in [0.1, 0.15) is 5.52 Å². The van der Waals surface area contributed by atoms with Crippen molar-refractivity contribution in [1.82, 2.24) is 10.3 Å². The summed E-state index contributed by atoms with van der Waals surface area (Å²) in [7, 11) is 0. The van der Waals surface area contributed by atoms with Crippen LogP contribution >= 0.6 is 0 Å². The van der Waals surface area contributed by atoms with Crippen LogP contribution in [0.25, 0.3) is 17.2 Å². The summed E-state index contributed by atoms with van der Waals surface area (Å²) in [6.07, 6.45) is 5.35. The van der Waals surface area contributed by atoms with E-state index in [4.69, 9.17) is 13.9 Å². The predicted octanol–water partition coefficient (Wildman–Crippen LogP) is 3.35. The number of nitrogens with zero attached hydrogens (tertiary/aromatic N) is 2. The van der Waals surface area contributed by atoms with Crippen molar-refractivity contribution in [2.45, 2.75) is 18.9 Å². The summed E-state index contributed by atoms with van der Waals surface area (Å²) in [5.41, 5.74) is 2.52. The van der Waals surface area contributed by atoms with Crippen molar-refractivity contribution in [3.05, 3.63) is 54.1 Å². The molecule has 148 valence electrons. The molecule has 0 saturated carbocycles. The van der Waals surface area contributed by atoms with Crippen molar-refractivity contribution in [2.24, 2.45) is 0 Å². The molecular formula is C22H21N3O4. The first-order chi connectivity index (χ1) is 14.3. The number of para-hydroxylation sites is 2. The fraction of sp³-hybridized carbons (Fsp3) is 0.273. The third kappa shape index (κ3) is 3.63.